The summed E-state index contributed by atoms with van der Waals surface area (Å²) in [6.45, 7) is 0.531. The lowest BCUT2D eigenvalue weighted by molar-refractivity contribution is 0.626. The molecule has 2 N–H and O–H groups in total. The molecule has 0 fully saturated rings. The third-order valence-electron chi connectivity index (χ3n) is 1.36. The summed E-state index contributed by atoms with van der Waals surface area (Å²) < 4.78 is 13.5. The van der Waals surface area contributed by atoms with E-state index >= 15 is 0 Å². The highest BCUT2D eigenvalue weighted by Gasteiger charge is 1.94. The van der Waals surface area contributed by atoms with Gasteiger partial charge < -0.3 is 5.73 Å². The molecule has 0 aliphatic carbocycles. The molecule has 1 nitrogen and oxygen atoms in total. The minimum atomic E-state index is -0.286. The lowest BCUT2D eigenvalue weighted by Crippen LogP contribution is -1.95. The highest BCUT2D eigenvalue weighted by atomic mass is 79.9. The van der Waals surface area contributed by atoms with Gasteiger partial charge in [0.1, 0.15) is 5.82 Å². The summed E-state index contributed by atoms with van der Waals surface area (Å²) in [6, 6.07) is 4.56. The van der Waals surface area contributed by atoms with Crippen LogP contribution in [0.5, 0.6) is 0 Å². The van der Waals surface area contributed by atoms with Crippen LogP contribution in [0, 0.1) is 17.7 Å². The first-order valence-electron chi connectivity index (χ1n) is 3.87. The Morgan fingerprint density at radius 3 is 2.77 bits per heavy atom. The lowest BCUT2D eigenvalue weighted by atomic mass is 10.2. The average Bonchev–Trinajstić information content (AvgIpc) is 2.03. The molecule has 0 heterocycles. The van der Waals surface area contributed by atoms with E-state index in [1.54, 1.807) is 6.07 Å². The van der Waals surface area contributed by atoms with Gasteiger partial charge in [-0.05, 0) is 18.2 Å². The largest absolute Gasteiger partial charge is 0.330 e. The maximum Gasteiger partial charge on any atom is 0.125 e. The first-order valence-corrected chi connectivity index (χ1v) is 4.66. The van der Waals surface area contributed by atoms with E-state index in [1.807, 2.05) is 0 Å². The van der Waals surface area contributed by atoms with Crippen LogP contribution in [0.3, 0.4) is 0 Å². The van der Waals surface area contributed by atoms with Crippen LogP contribution in [0.15, 0.2) is 22.7 Å². The molecule has 0 unspecified atom stereocenters. The van der Waals surface area contributed by atoms with Gasteiger partial charge in [-0.25, -0.2) is 4.39 Å². The quantitative estimate of drug-likeness (QED) is 0.751. The molecule has 0 aliphatic rings. The summed E-state index contributed by atoms with van der Waals surface area (Å²) in [6.07, 6.45) is 0.633. The molecule has 68 valence electrons. The molecule has 1 rings (SSSR count). The van der Waals surface area contributed by atoms with Gasteiger partial charge in [0.05, 0.1) is 0 Å². The smallest absolute Gasteiger partial charge is 0.125 e. The van der Waals surface area contributed by atoms with Crippen molar-refractivity contribution in [2.24, 2.45) is 5.73 Å². The van der Waals surface area contributed by atoms with Crippen molar-refractivity contribution in [2.45, 2.75) is 6.42 Å². The third kappa shape index (κ3) is 3.58. The Bertz CT molecular complexity index is 331. The summed E-state index contributed by atoms with van der Waals surface area (Å²) in [7, 11) is 0. The van der Waals surface area contributed by atoms with Gasteiger partial charge in [-0.1, -0.05) is 27.8 Å². The zero-order valence-corrected chi connectivity index (χ0v) is 8.57. The van der Waals surface area contributed by atoms with Gasteiger partial charge in [0.15, 0.2) is 0 Å². The van der Waals surface area contributed by atoms with Crippen molar-refractivity contribution in [1.82, 2.24) is 0 Å². The number of benzene rings is 1. The molecule has 1 aromatic carbocycles. The minimum Gasteiger partial charge on any atom is -0.330 e. The number of hydrogen-bond acceptors (Lipinski definition) is 1. The topological polar surface area (TPSA) is 26.0 Å². The maximum atomic E-state index is 12.8. The SMILES string of the molecule is NCCC#Cc1cc(F)cc(Br)c1. The normalized spacial score (nSPS) is 9.15. The molecule has 0 aliphatic heterocycles. The lowest BCUT2D eigenvalue weighted by Gasteiger charge is -1.93. The van der Waals surface area contributed by atoms with Gasteiger partial charge in [0, 0.05) is 23.0 Å². The standard InChI is InChI=1S/C10H9BrFN/c11-9-5-8(3-1-2-4-13)6-10(12)7-9/h5-7H,2,4,13H2. The van der Waals surface area contributed by atoms with E-state index in [0.717, 1.165) is 0 Å². The molecule has 1 aromatic rings. The van der Waals surface area contributed by atoms with Crippen LogP contribution in [0.1, 0.15) is 12.0 Å². The molecule has 0 bridgehead atoms. The fraction of sp³-hybridized carbons (Fsp3) is 0.200. The van der Waals surface area contributed by atoms with Gasteiger partial charge in [0.25, 0.3) is 0 Å². The molecule has 3 heteroatoms. The van der Waals surface area contributed by atoms with Crippen molar-refractivity contribution >= 4 is 15.9 Å². The van der Waals surface area contributed by atoms with E-state index < -0.39 is 0 Å². The molecule has 13 heavy (non-hydrogen) atoms. The Labute approximate surface area is 85.3 Å². The van der Waals surface area contributed by atoms with Crippen LogP contribution < -0.4 is 5.73 Å². The molecule has 0 atom stereocenters. The average molecular weight is 242 g/mol. The Kier molecular flexibility index (Phi) is 3.94. The molecule has 0 saturated heterocycles. The van der Waals surface area contributed by atoms with Crippen LogP contribution in [-0.4, -0.2) is 6.54 Å². The van der Waals surface area contributed by atoms with Crippen LogP contribution in [-0.2, 0) is 0 Å². The molecule has 0 saturated carbocycles. The van der Waals surface area contributed by atoms with Crippen molar-refractivity contribution in [3.8, 4) is 11.8 Å². The summed E-state index contributed by atoms with van der Waals surface area (Å²) in [5.41, 5.74) is 5.93. The van der Waals surface area contributed by atoms with Crippen LogP contribution in [0.25, 0.3) is 0 Å². The first kappa shape index (κ1) is 10.2. The Morgan fingerprint density at radius 1 is 1.38 bits per heavy atom. The van der Waals surface area contributed by atoms with E-state index in [1.165, 1.54) is 12.1 Å². The summed E-state index contributed by atoms with van der Waals surface area (Å²) in [4.78, 5) is 0. The van der Waals surface area contributed by atoms with Crippen molar-refractivity contribution in [1.29, 1.82) is 0 Å². The third-order valence-corrected chi connectivity index (χ3v) is 1.82. The first-order chi connectivity index (χ1) is 6.22. The van der Waals surface area contributed by atoms with Crippen molar-refractivity contribution in [2.75, 3.05) is 6.54 Å². The molecular weight excluding hydrogens is 233 g/mol. The van der Waals surface area contributed by atoms with Gasteiger partial charge >= 0.3 is 0 Å². The summed E-state index contributed by atoms with van der Waals surface area (Å²) in [5.74, 6) is 5.38. The van der Waals surface area contributed by atoms with Crippen molar-refractivity contribution < 1.29 is 4.39 Å². The van der Waals surface area contributed by atoms with E-state index in [9.17, 15) is 4.39 Å². The highest BCUT2D eigenvalue weighted by Crippen LogP contribution is 2.13. The highest BCUT2D eigenvalue weighted by molar-refractivity contribution is 9.10. The van der Waals surface area contributed by atoms with Crippen LogP contribution in [0.4, 0.5) is 4.39 Å². The van der Waals surface area contributed by atoms with Gasteiger partial charge in [-0.3, -0.25) is 0 Å². The molecular formula is C10H9BrFN. The van der Waals surface area contributed by atoms with Crippen LogP contribution in [0.2, 0.25) is 0 Å². The number of halogens is 2. The molecule has 0 aromatic heterocycles. The minimum absolute atomic E-state index is 0.286. The number of hydrogen-bond donors (Lipinski definition) is 1. The number of rotatable bonds is 1. The van der Waals surface area contributed by atoms with Crippen LogP contribution >= 0.6 is 15.9 Å². The Hall–Kier alpha value is -0.850. The van der Waals surface area contributed by atoms with Crippen molar-refractivity contribution in [3.05, 3.63) is 34.1 Å². The van der Waals surface area contributed by atoms with Gasteiger partial charge in [0.2, 0.25) is 0 Å². The molecule has 0 amide bonds. The Balaban J connectivity index is 2.85. The molecule has 0 radical (unpaired) electrons. The monoisotopic (exact) mass is 241 g/mol. The summed E-state index contributed by atoms with van der Waals surface area (Å²) >= 11 is 3.19. The van der Waals surface area contributed by atoms with Gasteiger partial charge in [-0.2, -0.15) is 0 Å². The fourth-order valence-electron chi connectivity index (χ4n) is 0.863. The second kappa shape index (κ2) is 5.00. The Morgan fingerprint density at radius 2 is 2.15 bits per heavy atom. The van der Waals surface area contributed by atoms with Crippen molar-refractivity contribution in [3.63, 3.8) is 0 Å². The zero-order chi connectivity index (χ0) is 9.68. The van der Waals surface area contributed by atoms with Gasteiger partial charge in [-0.15, -0.1) is 0 Å². The second-order valence-corrected chi connectivity index (χ2v) is 3.41. The predicted molar refractivity (Wildman–Crippen MR) is 54.6 cm³/mol. The van der Waals surface area contributed by atoms with E-state index in [0.29, 0.717) is 23.0 Å². The zero-order valence-electron chi connectivity index (χ0n) is 6.98. The predicted octanol–water partition coefficient (Wildman–Crippen LogP) is 2.29. The summed E-state index contributed by atoms with van der Waals surface area (Å²) in [5, 5.41) is 0. The molecule has 0 spiro atoms. The second-order valence-electron chi connectivity index (χ2n) is 2.50. The maximum absolute atomic E-state index is 12.8. The number of nitrogens with two attached hydrogens (primary N) is 1. The van der Waals surface area contributed by atoms with E-state index in [4.69, 9.17) is 5.73 Å². The fourth-order valence-corrected chi connectivity index (χ4v) is 1.33. The van der Waals surface area contributed by atoms with E-state index in [2.05, 4.69) is 27.8 Å². The van der Waals surface area contributed by atoms with E-state index in [-0.39, 0.29) is 5.82 Å².